The molecule has 2 rings (SSSR count). The minimum absolute atomic E-state index is 0.268. The lowest BCUT2D eigenvalue weighted by Crippen LogP contribution is -2.12. The molecule has 7 nitrogen and oxygen atoms in total. The van der Waals surface area contributed by atoms with Crippen molar-refractivity contribution in [2.24, 2.45) is 5.84 Å². The maximum atomic E-state index is 9.06. The fraction of sp³-hybridized carbons (Fsp3) is 0.154. The van der Waals surface area contributed by atoms with Crippen molar-refractivity contribution in [1.82, 2.24) is 9.97 Å². The van der Waals surface area contributed by atoms with Crippen molar-refractivity contribution < 1.29 is 4.74 Å². The molecule has 0 saturated carbocycles. The van der Waals surface area contributed by atoms with Gasteiger partial charge in [-0.25, -0.2) is 15.8 Å². The number of ether oxygens (including phenoxy) is 1. The van der Waals surface area contributed by atoms with Crippen LogP contribution in [0.15, 0.2) is 30.3 Å². The van der Waals surface area contributed by atoms with Crippen LogP contribution in [0.2, 0.25) is 0 Å². The molecule has 1 aromatic carbocycles. The van der Waals surface area contributed by atoms with Crippen molar-refractivity contribution in [3.05, 3.63) is 41.7 Å². The number of hydrogen-bond donors (Lipinski definition) is 3. The van der Waals surface area contributed by atoms with E-state index in [1.807, 2.05) is 6.07 Å². The van der Waals surface area contributed by atoms with E-state index in [4.69, 9.17) is 15.8 Å². The third kappa shape index (κ3) is 3.20. The molecular formula is C13H14N6O. The molecule has 0 aliphatic rings. The van der Waals surface area contributed by atoms with Gasteiger partial charge in [-0.15, -0.1) is 0 Å². The molecule has 0 unspecified atom stereocenters. The van der Waals surface area contributed by atoms with E-state index in [-0.39, 0.29) is 6.61 Å². The van der Waals surface area contributed by atoms with Crippen LogP contribution in [-0.4, -0.2) is 17.1 Å². The third-order valence-corrected chi connectivity index (χ3v) is 2.50. The van der Waals surface area contributed by atoms with Crippen molar-refractivity contribution in [3.63, 3.8) is 0 Å². The Balaban J connectivity index is 2.33. The largest absolute Gasteiger partial charge is 0.377 e. The molecule has 0 aliphatic carbocycles. The average Bonchev–Trinajstić information content (AvgIpc) is 2.48. The first-order valence-electron chi connectivity index (χ1n) is 5.86. The Hall–Kier alpha value is -2.69. The fourth-order valence-corrected chi connectivity index (χ4v) is 1.66. The lowest BCUT2D eigenvalue weighted by atomic mass is 10.2. The summed E-state index contributed by atoms with van der Waals surface area (Å²) in [6, 6.07) is 10.9. The highest BCUT2D eigenvalue weighted by Gasteiger charge is 2.06. The molecule has 0 saturated heterocycles. The van der Waals surface area contributed by atoms with Crippen LogP contribution in [0.25, 0.3) is 0 Å². The predicted octanol–water partition coefficient (Wildman–Crippen LogP) is 1.52. The van der Waals surface area contributed by atoms with Crippen molar-refractivity contribution in [2.45, 2.75) is 6.61 Å². The van der Waals surface area contributed by atoms with Crippen LogP contribution in [0.5, 0.6) is 0 Å². The number of aromatic nitrogens is 2. The molecule has 7 heteroatoms. The number of nitrogens with one attached hydrogen (secondary N) is 2. The Morgan fingerprint density at radius 1 is 1.30 bits per heavy atom. The van der Waals surface area contributed by atoms with Gasteiger partial charge in [0.1, 0.15) is 24.3 Å². The first-order chi connectivity index (χ1) is 9.76. The number of hydrazine groups is 1. The van der Waals surface area contributed by atoms with E-state index in [0.29, 0.717) is 28.7 Å². The molecule has 0 radical (unpaired) electrons. The summed E-state index contributed by atoms with van der Waals surface area (Å²) < 4.78 is 5.00. The summed E-state index contributed by atoms with van der Waals surface area (Å²) in [6.07, 6.45) is 0. The molecule has 0 bridgehead atoms. The molecule has 0 amide bonds. The molecule has 0 fully saturated rings. The summed E-state index contributed by atoms with van der Waals surface area (Å²) in [5.74, 6) is 6.85. The highest BCUT2D eigenvalue weighted by atomic mass is 16.5. The SMILES string of the molecule is COCc1nc(NN)cc(Nc2ccccc2C#N)n1. The van der Waals surface area contributed by atoms with Gasteiger partial charge in [-0.05, 0) is 12.1 Å². The van der Waals surface area contributed by atoms with Crippen molar-refractivity contribution >= 4 is 17.3 Å². The smallest absolute Gasteiger partial charge is 0.158 e. The summed E-state index contributed by atoms with van der Waals surface area (Å²) in [4.78, 5) is 8.44. The van der Waals surface area contributed by atoms with Crippen LogP contribution < -0.4 is 16.6 Å². The zero-order valence-electron chi connectivity index (χ0n) is 10.9. The summed E-state index contributed by atoms with van der Waals surface area (Å²) in [5, 5.41) is 12.1. The number of para-hydroxylation sites is 1. The van der Waals surface area contributed by atoms with Gasteiger partial charge in [0.25, 0.3) is 0 Å². The molecule has 1 aromatic heterocycles. The van der Waals surface area contributed by atoms with Crippen molar-refractivity contribution in [2.75, 3.05) is 17.9 Å². The van der Waals surface area contributed by atoms with Crippen LogP contribution in [0, 0.1) is 11.3 Å². The maximum Gasteiger partial charge on any atom is 0.158 e. The number of nitrogens with zero attached hydrogens (tertiary/aromatic N) is 3. The highest BCUT2D eigenvalue weighted by molar-refractivity contribution is 5.65. The van der Waals surface area contributed by atoms with Gasteiger partial charge in [-0.1, -0.05) is 12.1 Å². The van der Waals surface area contributed by atoms with E-state index in [1.165, 1.54) is 0 Å². The number of benzene rings is 1. The normalized spacial score (nSPS) is 9.85. The van der Waals surface area contributed by atoms with E-state index >= 15 is 0 Å². The zero-order valence-corrected chi connectivity index (χ0v) is 10.9. The van der Waals surface area contributed by atoms with E-state index < -0.39 is 0 Å². The molecule has 1 heterocycles. The van der Waals surface area contributed by atoms with Gasteiger partial charge in [0, 0.05) is 13.2 Å². The molecule has 0 aliphatic heterocycles. The summed E-state index contributed by atoms with van der Waals surface area (Å²) in [5.41, 5.74) is 3.66. The molecule has 2 aromatic rings. The van der Waals surface area contributed by atoms with E-state index in [1.54, 1.807) is 31.4 Å². The van der Waals surface area contributed by atoms with Crippen LogP contribution in [-0.2, 0) is 11.3 Å². The number of rotatable bonds is 5. The highest BCUT2D eigenvalue weighted by Crippen LogP contribution is 2.20. The van der Waals surface area contributed by atoms with Crippen LogP contribution in [0.1, 0.15) is 11.4 Å². The van der Waals surface area contributed by atoms with Crippen LogP contribution >= 0.6 is 0 Å². The first-order valence-corrected chi connectivity index (χ1v) is 5.86. The molecule has 20 heavy (non-hydrogen) atoms. The number of hydrogen-bond acceptors (Lipinski definition) is 7. The third-order valence-electron chi connectivity index (χ3n) is 2.50. The minimum atomic E-state index is 0.268. The lowest BCUT2D eigenvalue weighted by molar-refractivity contribution is 0.178. The lowest BCUT2D eigenvalue weighted by Gasteiger charge is -2.10. The standard InChI is InChI=1S/C13H14N6O/c1-20-8-13-17-11(6-12(18-13)19-15)16-10-5-3-2-4-9(10)7-14/h2-6H,8,15H2,1H3,(H2,16,17,18,19). The summed E-state index contributed by atoms with van der Waals surface area (Å²) in [7, 11) is 1.56. The molecule has 0 atom stereocenters. The number of anilines is 3. The monoisotopic (exact) mass is 270 g/mol. The van der Waals surface area contributed by atoms with E-state index in [9.17, 15) is 0 Å². The van der Waals surface area contributed by atoms with Gasteiger partial charge < -0.3 is 15.5 Å². The molecular weight excluding hydrogens is 256 g/mol. The Morgan fingerprint density at radius 2 is 2.05 bits per heavy atom. The average molecular weight is 270 g/mol. The van der Waals surface area contributed by atoms with Gasteiger partial charge in [0.2, 0.25) is 0 Å². The van der Waals surface area contributed by atoms with Gasteiger partial charge >= 0.3 is 0 Å². The topological polar surface area (TPSA) is 109 Å². The Kier molecular flexibility index (Phi) is 4.44. The number of methoxy groups -OCH3 is 1. The molecule has 0 spiro atoms. The van der Waals surface area contributed by atoms with E-state index in [2.05, 4.69) is 26.8 Å². The second kappa shape index (κ2) is 6.47. The van der Waals surface area contributed by atoms with Gasteiger partial charge in [0.15, 0.2) is 5.82 Å². The van der Waals surface area contributed by atoms with Crippen LogP contribution in [0.3, 0.4) is 0 Å². The summed E-state index contributed by atoms with van der Waals surface area (Å²) >= 11 is 0. The van der Waals surface area contributed by atoms with Gasteiger partial charge in [-0.3, -0.25) is 0 Å². The molecule has 102 valence electrons. The van der Waals surface area contributed by atoms with Gasteiger partial charge in [0.05, 0.1) is 11.3 Å². The number of nitrogen functional groups attached to an aromatic ring is 1. The number of nitriles is 1. The minimum Gasteiger partial charge on any atom is -0.377 e. The Bertz CT molecular complexity index is 637. The Labute approximate surface area is 116 Å². The fourth-order valence-electron chi connectivity index (χ4n) is 1.66. The van der Waals surface area contributed by atoms with E-state index in [0.717, 1.165) is 0 Å². The second-order valence-electron chi connectivity index (χ2n) is 3.91. The van der Waals surface area contributed by atoms with Gasteiger partial charge in [-0.2, -0.15) is 5.26 Å². The Morgan fingerprint density at radius 3 is 2.75 bits per heavy atom. The van der Waals surface area contributed by atoms with Crippen molar-refractivity contribution in [1.29, 1.82) is 5.26 Å². The zero-order chi connectivity index (χ0) is 14.4. The number of nitrogens with two attached hydrogens (primary N) is 1. The van der Waals surface area contributed by atoms with Crippen LogP contribution in [0.4, 0.5) is 17.3 Å². The maximum absolute atomic E-state index is 9.06. The summed E-state index contributed by atoms with van der Waals surface area (Å²) in [6.45, 7) is 0.268. The quantitative estimate of drug-likeness (QED) is 0.558. The first kappa shape index (κ1) is 13.7. The predicted molar refractivity (Wildman–Crippen MR) is 75.0 cm³/mol. The molecule has 4 N–H and O–H groups in total. The van der Waals surface area contributed by atoms with Crippen molar-refractivity contribution in [3.8, 4) is 6.07 Å². The second-order valence-corrected chi connectivity index (χ2v) is 3.91.